The molecule has 2 N–H and O–H groups in total. The lowest BCUT2D eigenvalue weighted by molar-refractivity contribution is -0.128. The van der Waals surface area contributed by atoms with E-state index in [-0.39, 0.29) is 27.8 Å². The van der Waals surface area contributed by atoms with E-state index in [4.69, 9.17) is 25.8 Å². The number of halogens is 2. The highest BCUT2D eigenvalue weighted by Gasteiger charge is 2.19. The first-order valence-corrected chi connectivity index (χ1v) is 8.18. The topological polar surface area (TPSA) is 85.9 Å². The van der Waals surface area contributed by atoms with Crippen LogP contribution in [0.2, 0.25) is 5.02 Å². The smallest absolute Gasteiger partial charge is 0.279 e. The third kappa shape index (κ3) is 5.01. The molecule has 1 atom stereocenters. The lowest BCUT2D eigenvalue weighted by atomic mass is 10.2. The van der Waals surface area contributed by atoms with E-state index in [0.29, 0.717) is 0 Å². The summed E-state index contributed by atoms with van der Waals surface area (Å²) >= 11 is 6.05. The summed E-state index contributed by atoms with van der Waals surface area (Å²) in [6.07, 6.45) is -1.05. The van der Waals surface area contributed by atoms with Crippen LogP contribution in [-0.2, 0) is 4.79 Å². The number of hydrogen-bond donors (Lipinski definition) is 2. The van der Waals surface area contributed by atoms with E-state index < -0.39 is 23.7 Å². The normalized spacial score (nSPS) is 11.3. The second-order valence-corrected chi connectivity index (χ2v) is 5.73. The molecule has 0 aliphatic carbocycles. The Morgan fingerprint density at radius 2 is 1.78 bits per heavy atom. The minimum Gasteiger partial charge on any atom is -0.493 e. The first kappa shape index (κ1) is 20.3. The molecule has 0 saturated heterocycles. The van der Waals surface area contributed by atoms with E-state index in [1.807, 2.05) is 0 Å². The zero-order chi connectivity index (χ0) is 20.0. The average Bonchev–Trinajstić information content (AvgIpc) is 2.66. The van der Waals surface area contributed by atoms with Crippen molar-refractivity contribution in [3.8, 4) is 17.2 Å². The van der Waals surface area contributed by atoms with Gasteiger partial charge in [-0.3, -0.25) is 20.4 Å². The fourth-order valence-electron chi connectivity index (χ4n) is 2.13. The first-order chi connectivity index (χ1) is 12.9. The minimum atomic E-state index is -1.05. The fourth-order valence-corrected chi connectivity index (χ4v) is 2.41. The maximum atomic E-state index is 13.6. The third-order valence-electron chi connectivity index (χ3n) is 3.50. The van der Waals surface area contributed by atoms with Crippen LogP contribution in [0.25, 0.3) is 0 Å². The Hall–Kier alpha value is -3.00. The van der Waals surface area contributed by atoms with Crippen molar-refractivity contribution in [3.05, 3.63) is 52.8 Å². The second-order valence-electron chi connectivity index (χ2n) is 5.33. The number of hydrogen-bond acceptors (Lipinski definition) is 5. The summed E-state index contributed by atoms with van der Waals surface area (Å²) in [5, 5.41) is 0.171. The molecule has 0 aliphatic rings. The van der Waals surface area contributed by atoms with Gasteiger partial charge in [0.15, 0.2) is 29.2 Å². The highest BCUT2D eigenvalue weighted by Crippen LogP contribution is 2.35. The Morgan fingerprint density at radius 1 is 1.07 bits per heavy atom. The number of para-hydroxylation sites is 1. The molecule has 144 valence electrons. The van der Waals surface area contributed by atoms with E-state index >= 15 is 0 Å². The number of nitrogens with one attached hydrogen (secondary N) is 2. The highest BCUT2D eigenvalue weighted by molar-refractivity contribution is 6.32. The van der Waals surface area contributed by atoms with Crippen LogP contribution < -0.4 is 25.1 Å². The van der Waals surface area contributed by atoms with Crippen LogP contribution in [0, 0.1) is 5.82 Å². The Bertz CT molecular complexity index is 846. The summed E-state index contributed by atoms with van der Waals surface area (Å²) < 4.78 is 29.0. The lowest BCUT2D eigenvalue weighted by Crippen LogP contribution is -2.47. The Kier molecular flexibility index (Phi) is 6.84. The number of ether oxygens (including phenoxy) is 3. The Balaban J connectivity index is 1.99. The SMILES string of the molecule is COc1cc(C(=O)NNC(=O)[C@@H](C)Oc2ccccc2F)cc(Cl)c1OC. The van der Waals surface area contributed by atoms with Gasteiger partial charge < -0.3 is 14.2 Å². The molecular weight excluding hydrogens is 379 g/mol. The molecule has 2 rings (SSSR count). The molecule has 0 bridgehead atoms. The molecule has 0 radical (unpaired) electrons. The van der Waals surface area contributed by atoms with Gasteiger partial charge in [0.1, 0.15) is 0 Å². The molecule has 2 aromatic carbocycles. The van der Waals surface area contributed by atoms with E-state index in [2.05, 4.69) is 10.9 Å². The number of rotatable bonds is 6. The van der Waals surface area contributed by atoms with E-state index in [9.17, 15) is 14.0 Å². The molecule has 27 heavy (non-hydrogen) atoms. The standard InChI is InChI=1S/C18H18ClFN2O5/c1-10(27-14-7-5-4-6-13(14)20)17(23)21-22-18(24)11-8-12(19)16(26-3)15(9-11)25-2/h4-10H,1-3H3,(H,21,23)(H,22,24)/t10-/m1/s1. The fraction of sp³-hybridized carbons (Fsp3) is 0.222. The van der Waals surface area contributed by atoms with Crippen LogP contribution >= 0.6 is 11.6 Å². The maximum Gasteiger partial charge on any atom is 0.279 e. The van der Waals surface area contributed by atoms with Gasteiger partial charge in [0.2, 0.25) is 0 Å². The zero-order valence-corrected chi connectivity index (χ0v) is 15.6. The van der Waals surface area contributed by atoms with Gasteiger partial charge in [0.05, 0.1) is 19.2 Å². The predicted octanol–water partition coefficient (Wildman–Crippen LogP) is 2.72. The van der Waals surface area contributed by atoms with Crippen molar-refractivity contribution >= 4 is 23.4 Å². The predicted molar refractivity (Wildman–Crippen MR) is 96.7 cm³/mol. The molecule has 2 amide bonds. The number of amides is 2. The van der Waals surface area contributed by atoms with Gasteiger partial charge in [-0.25, -0.2) is 4.39 Å². The molecule has 0 fully saturated rings. The molecule has 9 heteroatoms. The lowest BCUT2D eigenvalue weighted by Gasteiger charge is -2.16. The largest absolute Gasteiger partial charge is 0.493 e. The van der Waals surface area contributed by atoms with Gasteiger partial charge in [-0.15, -0.1) is 0 Å². The van der Waals surface area contributed by atoms with E-state index in [0.717, 1.165) is 0 Å². The van der Waals surface area contributed by atoms with Gasteiger partial charge >= 0.3 is 0 Å². The van der Waals surface area contributed by atoms with Crippen LogP contribution in [0.1, 0.15) is 17.3 Å². The zero-order valence-electron chi connectivity index (χ0n) is 14.8. The van der Waals surface area contributed by atoms with Crippen molar-refractivity contribution in [2.24, 2.45) is 0 Å². The summed E-state index contributed by atoms with van der Waals surface area (Å²) in [4.78, 5) is 24.3. The van der Waals surface area contributed by atoms with Gasteiger partial charge in [-0.1, -0.05) is 23.7 Å². The van der Waals surface area contributed by atoms with Crippen molar-refractivity contribution in [3.63, 3.8) is 0 Å². The molecule has 0 heterocycles. The maximum absolute atomic E-state index is 13.6. The van der Waals surface area contributed by atoms with Crippen molar-refractivity contribution in [2.45, 2.75) is 13.0 Å². The van der Waals surface area contributed by atoms with Gasteiger partial charge in [0, 0.05) is 5.56 Å². The highest BCUT2D eigenvalue weighted by atomic mass is 35.5. The number of benzene rings is 2. The number of hydrazine groups is 1. The van der Waals surface area contributed by atoms with Crippen LogP contribution in [0.3, 0.4) is 0 Å². The Morgan fingerprint density at radius 3 is 2.41 bits per heavy atom. The summed E-state index contributed by atoms with van der Waals surface area (Å²) in [5.74, 6) is -1.42. The van der Waals surface area contributed by atoms with Crippen molar-refractivity contribution in [1.82, 2.24) is 10.9 Å². The summed E-state index contributed by atoms with van der Waals surface area (Å²) in [6, 6.07) is 8.45. The van der Waals surface area contributed by atoms with Crippen molar-refractivity contribution in [2.75, 3.05) is 14.2 Å². The number of carbonyl (C=O) groups excluding carboxylic acids is 2. The average molecular weight is 397 g/mol. The molecular formula is C18H18ClFN2O5. The van der Waals surface area contributed by atoms with Gasteiger partial charge in [0.25, 0.3) is 11.8 Å². The molecule has 0 aliphatic heterocycles. The molecule has 2 aromatic rings. The van der Waals surface area contributed by atoms with Gasteiger partial charge in [-0.2, -0.15) is 0 Å². The van der Waals surface area contributed by atoms with Crippen molar-refractivity contribution in [1.29, 1.82) is 0 Å². The van der Waals surface area contributed by atoms with Crippen LogP contribution in [-0.4, -0.2) is 32.1 Å². The quantitative estimate of drug-likeness (QED) is 0.733. The second kappa shape index (κ2) is 9.09. The minimum absolute atomic E-state index is 0.0712. The third-order valence-corrected chi connectivity index (χ3v) is 3.79. The van der Waals surface area contributed by atoms with Crippen molar-refractivity contribution < 1.29 is 28.2 Å². The summed E-state index contributed by atoms with van der Waals surface area (Å²) in [6.45, 7) is 1.42. The molecule has 0 spiro atoms. The molecule has 0 aromatic heterocycles. The molecule has 0 unspecified atom stereocenters. The molecule has 0 saturated carbocycles. The van der Waals surface area contributed by atoms with Gasteiger partial charge in [-0.05, 0) is 31.2 Å². The van der Waals surface area contributed by atoms with Crippen LogP contribution in [0.5, 0.6) is 17.2 Å². The monoisotopic (exact) mass is 396 g/mol. The van der Waals surface area contributed by atoms with Crippen LogP contribution in [0.15, 0.2) is 36.4 Å². The summed E-state index contributed by atoms with van der Waals surface area (Å²) in [7, 11) is 2.82. The van der Waals surface area contributed by atoms with Crippen LogP contribution in [0.4, 0.5) is 4.39 Å². The van der Waals surface area contributed by atoms with E-state index in [1.165, 1.54) is 51.5 Å². The first-order valence-electron chi connectivity index (χ1n) is 7.80. The molecule has 7 nitrogen and oxygen atoms in total. The number of carbonyl (C=O) groups is 2. The number of methoxy groups -OCH3 is 2. The Labute approximate surface area is 160 Å². The summed E-state index contributed by atoms with van der Waals surface area (Å²) in [5.41, 5.74) is 4.57. The van der Waals surface area contributed by atoms with E-state index in [1.54, 1.807) is 6.07 Å².